The first-order valence-corrected chi connectivity index (χ1v) is 8.71. The van der Waals surface area contributed by atoms with Gasteiger partial charge in [-0.15, -0.1) is 0 Å². The van der Waals surface area contributed by atoms with Gasteiger partial charge in [0, 0.05) is 12.7 Å². The minimum absolute atomic E-state index is 0.120. The molecule has 2 unspecified atom stereocenters. The van der Waals surface area contributed by atoms with Gasteiger partial charge in [0.05, 0.1) is 11.9 Å². The lowest BCUT2D eigenvalue weighted by molar-refractivity contribution is 0.143. The molecular weight excluding hydrogens is 302 g/mol. The number of rotatable bonds is 4. The maximum atomic E-state index is 13.8. The van der Waals surface area contributed by atoms with Gasteiger partial charge in [-0.3, -0.25) is 0 Å². The average molecular weight is 320 g/mol. The van der Waals surface area contributed by atoms with Crippen LogP contribution in [0.5, 0.6) is 5.75 Å². The van der Waals surface area contributed by atoms with Gasteiger partial charge in [0.25, 0.3) is 0 Å². The van der Waals surface area contributed by atoms with Crippen molar-refractivity contribution in [2.75, 3.05) is 6.26 Å². The molecule has 1 aromatic carbocycles. The lowest BCUT2D eigenvalue weighted by Gasteiger charge is -2.28. The smallest absolute Gasteiger partial charge is 0.191 e. The van der Waals surface area contributed by atoms with E-state index in [1.807, 2.05) is 0 Å². The lowest BCUT2D eigenvalue weighted by Crippen LogP contribution is -2.33. The lowest BCUT2D eigenvalue weighted by atomic mass is 9.97. The molecule has 1 N–H and O–H groups in total. The quantitative estimate of drug-likeness (QED) is 0.924. The summed E-state index contributed by atoms with van der Waals surface area (Å²) < 4.78 is 56.1. The molecule has 0 saturated heterocycles. The summed E-state index contributed by atoms with van der Waals surface area (Å²) in [6.45, 7) is -0.465. The minimum Gasteiger partial charge on any atom is -0.484 e. The third-order valence-electron chi connectivity index (χ3n) is 3.71. The van der Waals surface area contributed by atoms with Gasteiger partial charge < -0.3 is 9.84 Å². The van der Waals surface area contributed by atoms with Crippen molar-refractivity contribution in [3.63, 3.8) is 0 Å². The first-order chi connectivity index (χ1) is 9.81. The van der Waals surface area contributed by atoms with Crippen molar-refractivity contribution in [1.29, 1.82) is 0 Å². The molecule has 0 amide bonds. The molecule has 1 fully saturated rings. The Kier molecular flexibility index (Phi) is 4.83. The summed E-state index contributed by atoms with van der Waals surface area (Å²) in [5.74, 6) is -2.28. The highest BCUT2D eigenvalue weighted by atomic mass is 32.2. The molecule has 0 bridgehead atoms. The Hall–Kier alpha value is -1.21. The summed E-state index contributed by atoms with van der Waals surface area (Å²) >= 11 is 0. The van der Waals surface area contributed by atoms with Crippen LogP contribution in [0.1, 0.15) is 31.2 Å². The molecule has 7 heteroatoms. The van der Waals surface area contributed by atoms with Crippen LogP contribution >= 0.6 is 0 Å². The van der Waals surface area contributed by atoms with Gasteiger partial charge >= 0.3 is 0 Å². The molecule has 0 aromatic heterocycles. The van der Waals surface area contributed by atoms with Crippen molar-refractivity contribution < 1.29 is 27.0 Å². The molecule has 1 saturated carbocycles. The molecule has 21 heavy (non-hydrogen) atoms. The highest BCUT2D eigenvalue weighted by Gasteiger charge is 2.31. The van der Waals surface area contributed by atoms with E-state index >= 15 is 0 Å². The highest BCUT2D eigenvalue weighted by molar-refractivity contribution is 7.91. The van der Waals surface area contributed by atoms with E-state index in [4.69, 9.17) is 9.84 Å². The summed E-state index contributed by atoms with van der Waals surface area (Å²) in [7, 11) is -3.18. The molecule has 1 aliphatic carbocycles. The topological polar surface area (TPSA) is 63.6 Å². The zero-order chi connectivity index (χ0) is 15.6. The van der Waals surface area contributed by atoms with Crippen LogP contribution in [0.4, 0.5) is 8.78 Å². The largest absolute Gasteiger partial charge is 0.484 e. The summed E-state index contributed by atoms with van der Waals surface area (Å²) in [6.07, 6.45) is 2.62. The van der Waals surface area contributed by atoms with Crippen molar-refractivity contribution in [3.8, 4) is 5.75 Å². The predicted octanol–water partition coefficient (Wildman–Crippen LogP) is 2.19. The van der Waals surface area contributed by atoms with Gasteiger partial charge in [0.15, 0.2) is 17.4 Å². The van der Waals surface area contributed by atoms with Crippen molar-refractivity contribution >= 4 is 9.84 Å². The molecule has 1 aromatic rings. The second-order valence-electron chi connectivity index (χ2n) is 5.40. The molecule has 0 radical (unpaired) electrons. The first-order valence-electron chi connectivity index (χ1n) is 6.75. The average Bonchev–Trinajstić information content (AvgIpc) is 2.42. The third kappa shape index (κ3) is 3.91. The van der Waals surface area contributed by atoms with Crippen LogP contribution in [0, 0.1) is 11.6 Å². The van der Waals surface area contributed by atoms with Crippen molar-refractivity contribution in [2.45, 2.75) is 43.6 Å². The first kappa shape index (κ1) is 16.2. The van der Waals surface area contributed by atoms with Gasteiger partial charge in [0.2, 0.25) is 0 Å². The van der Waals surface area contributed by atoms with E-state index in [1.165, 1.54) is 0 Å². The third-order valence-corrected chi connectivity index (χ3v) is 5.35. The molecule has 2 rings (SSSR count). The SMILES string of the molecule is CS(=O)(=O)C1CCCC(Oc2c(F)cc(CO)cc2F)C1. The number of hydrogen-bond acceptors (Lipinski definition) is 4. The van der Waals surface area contributed by atoms with E-state index in [0.29, 0.717) is 19.3 Å². The van der Waals surface area contributed by atoms with Crippen LogP contribution in [-0.4, -0.2) is 31.1 Å². The van der Waals surface area contributed by atoms with E-state index < -0.39 is 45.2 Å². The Morgan fingerprint density at radius 3 is 2.43 bits per heavy atom. The van der Waals surface area contributed by atoms with Gasteiger partial charge in [-0.2, -0.15) is 0 Å². The Morgan fingerprint density at radius 1 is 1.29 bits per heavy atom. The number of aliphatic hydroxyl groups excluding tert-OH is 1. The minimum atomic E-state index is -3.18. The number of halogens is 2. The van der Waals surface area contributed by atoms with E-state index in [1.54, 1.807) is 0 Å². The fourth-order valence-electron chi connectivity index (χ4n) is 2.58. The van der Waals surface area contributed by atoms with Crippen LogP contribution in [0.15, 0.2) is 12.1 Å². The predicted molar refractivity (Wildman–Crippen MR) is 73.8 cm³/mol. The Balaban J connectivity index is 2.15. The van der Waals surface area contributed by atoms with Crippen LogP contribution in [0.2, 0.25) is 0 Å². The normalized spacial score (nSPS) is 23.0. The van der Waals surface area contributed by atoms with Crippen molar-refractivity contribution in [3.05, 3.63) is 29.3 Å². The van der Waals surface area contributed by atoms with Gasteiger partial charge in [0.1, 0.15) is 15.9 Å². The Bertz CT molecular complexity index is 592. The molecule has 118 valence electrons. The highest BCUT2D eigenvalue weighted by Crippen LogP contribution is 2.30. The Labute approximate surface area is 122 Å². The monoisotopic (exact) mass is 320 g/mol. The Morgan fingerprint density at radius 2 is 1.90 bits per heavy atom. The van der Waals surface area contributed by atoms with E-state index in [-0.39, 0.29) is 12.0 Å². The summed E-state index contributed by atoms with van der Waals surface area (Å²) in [4.78, 5) is 0. The van der Waals surface area contributed by atoms with Crippen LogP contribution in [0.25, 0.3) is 0 Å². The number of benzene rings is 1. The standard InChI is InChI=1S/C14H18F2O4S/c1-21(18,19)11-4-2-3-10(7-11)20-14-12(15)5-9(8-17)6-13(14)16/h5-6,10-11,17H,2-4,7-8H2,1H3. The van der Waals surface area contributed by atoms with Crippen LogP contribution in [0.3, 0.4) is 0 Å². The van der Waals surface area contributed by atoms with Gasteiger partial charge in [-0.25, -0.2) is 17.2 Å². The summed E-state index contributed by atoms with van der Waals surface area (Å²) in [5, 5.41) is 8.35. The molecule has 1 aliphatic rings. The molecule has 0 heterocycles. The van der Waals surface area contributed by atoms with Crippen molar-refractivity contribution in [1.82, 2.24) is 0 Å². The fraction of sp³-hybridized carbons (Fsp3) is 0.571. The maximum absolute atomic E-state index is 13.8. The maximum Gasteiger partial charge on any atom is 0.191 e. The second-order valence-corrected chi connectivity index (χ2v) is 7.73. The molecule has 0 spiro atoms. The number of hydrogen-bond donors (Lipinski definition) is 1. The van der Waals surface area contributed by atoms with E-state index in [9.17, 15) is 17.2 Å². The fourth-order valence-corrected chi connectivity index (χ4v) is 3.74. The zero-order valence-electron chi connectivity index (χ0n) is 11.7. The van der Waals surface area contributed by atoms with Crippen molar-refractivity contribution in [2.24, 2.45) is 0 Å². The van der Waals surface area contributed by atoms with Crippen LogP contribution < -0.4 is 4.74 Å². The molecule has 2 atom stereocenters. The van der Waals surface area contributed by atoms with E-state index in [0.717, 1.165) is 18.4 Å². The summed E-state index contributed by atoms with van der Waals surface area (Å²) in [5.41, 5.74) is 0.120. The van der Waals surface area contributed by atoms with Gasteiger partial charge in [-0.1, -0.05) is 0 Å². The summed E-state index contributed by atoms with van der Waals surface area (Å²) in [6, 6.07) is 2.02. The molecule has 4 nitrogen and oxygen atoms in total. The van der Waals surface area contributed by atoms with E-state index in [2.05, 4.69) is 0 Å². The number of sulfone groups is 1. The zero-order valence-corrected chi connectivity index (χ0v) is 12.5. The number of ether oxygens (including phenoxy) is 1. The van der Waals surface area contributed by atoms with Gasteiger partial charge in [-0.05, 0) is 37.0 Å². The molecular formula is C14H18F2O4S. The van der Waals surface area contributed by atoms with Crippen LogP contribution in [-0.2, 0) is 16.4 Å². The number of aliphatic hydroxyl groups is 1. The second kappa shape index (κ2) is 6.27. The molecule has 0 aliphatic heterocycles.